The number of carbonyl (C=O) groups excluding carboxylic acids is 2. The van der Waals surface area contributed by atoms with Crippen LogP contribution in [-0.4, -0.2) is 53.4 Å². The molecule has 2 amide bonds. The fourth-order valence-corrected chi connectivity index (χ4v) is 2.93. The first-order valence-electron chi connectivity index (χ1n) is 8.34. The molecule has 0 aliphatic carbocycles. The number of nitrogens with one attached hydrogen (secondary N) is 1. The van der Waals surface area contributed by atoms with Crippen molar-refractivity contribution in [3.8, 4) is 0 Å². The van der Waals surface area contributed by atoms with Crippen molar-refractivity contribution in [1.82, 2.24) is 14.9 Å². The number of amides is 2. The van der Waals surface area contributed by atoms with Gasteiger partial charge in [-0.15, -0.1) is 0 Å². The number of halogens is 1. The number of aryl methyl sites for hydroxylation is 2. The fraction of sp³-hybridized carbons (Fsp3) is 0.333. The summed E-state index contributed by atoms with van der Waals surface area (Å²) in [5.41, 5.74) is 2.57. The van der Waals surface area contributed by atoms with E-state index in [0.717, 1.165) is 12.0 Å². The molecule has 0 saturated carbocycles. The van der Waals surface area contributed by atoms with Gasteiger partial charge in [0, 0.05) is 42.6 Å². The van der Waals surface area contributed by atoms with Crippen molar-refractivity contribution in [2.75, 3.05) is 36.4 Å². The molecule has 0 atom stereocenters. The van der Waals surface area contributed by atoms with Gasteiger partial charge < -0.3 is 15.1 Å². The number of rotatable bonds is 4. The van der Waals surface area contributed by atoms with E-state index in [9.17, 15) is 9.59 Å². The average molecular weight is 374 g/mol. The van der Waals surface area contributed by atoms with Gasteiger partial charge in [0.1, 0.15) is 5.69 Å². The first kappa shape index (κ1) is 18.1. The molecule has 1 aliphatic rings. The minimum absolute atomic E-state index is 0.296. The number of carbonyl (C=O) groups is 2. The van der Waals surface area contributed by atoms with Crippen LogP contribution in [0.1, 0.15) is 21.7 Å². The molecule has 0 radical (unpaired) electrons. The normalized spacial score (nSPS) is 14.3. The van der Waals surface area contributed by atoms with Crippen molar-refractivity contribution in [2.45, 2.75) is 13.8 Å². The zero-order valence-electron chi connectivity index (χ0n) is 14.7. The van der Waals surface area contributed by atoms with Crippen molar-refractivity contribution in [3.63, 3.8) is 0 Å². The summed E-state index contributed by atoms with van der Waals surface area (Å²) in [5, 5.41) is 3.41. The molecule has 1 aliphatic heterocycles. The van der Waals surface area contributed by atoms with E-state index in [0.29, 0.717) is 54.2 Å². The van der Waals surface area contributed by atoms with Gasteiger partial charge in [0.15, 0.2) is 0 Å². The maximum atomic E-state index is 12.6. The average Bonchev–Trinajstić information content (AvgIpc) is 2.64. The van der Waals surface area contributed by atoms with Crippen LogP contribution in [-0.2, 0) is 4.79 Å². The van der Waals surface area contributed by atoms with Crippen molar-refractivity contribution in [3.05, 3.63) is 46.2 Å². The van der Waals surface area contributed by atoms with Gasteiger partial charge >= 0.3 is 0 Å². The van der Waals surface area contributed by atoms with Crippen LogP contribution in [0.15, 0.2) is 24.3 Å². The first-order valence-corrected chi connectivity index (χ1v) is 8.71. The summed E-state index contributed by atoms with van der Waals surface area (Å²) in [4.78, 5) is 36.0. The Morgan fingerprint density at radius 2 is 1.88 bits per heavy atom. The molecule has 3 rings (SSSR count). The second-order valence-electron chi connectivity index (χ2n) is 6.24. The summed E-state index contributed by atoms with van der Waals surface area (Å²) in [6, 6.07) is 6.99. The molecule has 26 heavy (non-hydrogen) atoms. The minimum atomic E-state index is -0.311. The van der Waals surface area contributed by atoms with Gasteiger partial charge in [0.25, 0.3) is 5.91 Å². The van der Waals surface area contributed by atoms with Gasteiger partial charge in [0.2, 0.25) is 12.4 Å². The van der Waals surface area contributed by atoms with Gasteiger partial charge in [-0.25, -0.2) is 9.97 Å². The van der Waals surface area contributed by atoms with Crippen molar-refractivity contribution < 1.29 is 9.59 Å². The van der Waals surface area contributed by atoms with Crippen molar-refractivity contribution in [2.24, 2.45) is 0 Å². The number of hydrogen-bond donors (Lipinski definition) is 1. The molecule has 0 unspecified atom stereocenters. The predicted molar refractivity (Wildman–Crippen MR) is 101 cm³/mol. The molecule has 0 spiro atoms. The highest BCUT2D eigenvalue weighted by Crippen LogP contribution is 2.21. The van der Waals surface area contributed by atoms with Crippen LogP contribution in [0.3, 0.4) is 0 Å². The van der Waals surface area contributed by atoms with Gasteiger partial charge in [-0.1, -0.05) is 17.7 Å². The van der Waals surface area contributed by atoms with Crippen molar-refractivity contribution in [1.29, 1.82) is 0 Å². The molecule has 136 valence electrons. The van der Waals surface area contributed by atoms with Crippen LogP contribution in [0.25, 0.3) is 0 Å². The van der Waals surface area contributed by atoms with Gasteiger partial charge in [-0.2, -0.15) is 0 Å². The second-order valence-corrected chi connectivity index (χ2v) is 6.67. The molecule has 1 aromatic carbocycles. The number of aromatic nitrogens is 2. The van der Waals surface area contributed by atoms with E-state index in [1.54, 1.807) is 23.1 Å². The Balaban J connectivity index is 1.80. The van der Waals surface area contributed by atoms with Crippen LogP contribution in [0.5, 0.6) is 0 Å². The molecule has 8 heteroatoms. The van der Waals surface area contributed by atoms with E-state index in [4.69, 9.17) is 11.6 Å². The van der Waals surface area contributed by atoms with E-state index >= 15 is 0 Å². The molecule has 1 N–H and O–H groups in total. The molecule has 0 bridgehead atoms. The third kappa shape index (κ3) is 4.11. The summed E-state index contributed by atoms with van der Waals surface area (Å²) in [6.45, 7) is 6.23. The standard InChI is InChI=1S/C18H20ClN5O2/c1-12-3-4-14(19)10-15(12)21-17(26)16-9-13(2)20-18(22-16)24-7-5-23(11-25)6-8-24/h3-4,9-11H,5-8H2,1-2H3,(H,21,26). The van der Waals surface area contributed by atoms with E-state index in [1.165, 1.54) is 0 Å². The SMILES string of the molecule is Cc1cc(C(=O)Nc2cc(Cl)ccc2C)nc(N2CCN(C=O)CC2)n1. The lowest BCUT2D eigenvalue weighted by Gasteiger charge is -2.32. The molecule has 1 aromatic heterocycles. The molecular weight excluding hydrogens is 354 g/mol. The van der Waals surface area contributed by atoms with Gasteiger partial charge in [0.05, 0.1) is 0 Å². The van der Waals surface area contributed by atoms with Crippen LogP contribution in [0.4, 0.5) is 11.6 Å². The zero-order valence-corrected chi connectivity index (χ0v) is 15.5. The zero-order chi connectivity index (χ0) is 18.7. The summed E-state index contributed by atoms with van der Waals surface area (Å²) in [5.74, 6) is 0.192. The van der Waals surface area contributed by atoms with E-state index in [2.05, 4.69) is 15.3 Å². The van der Waals surface area contributed by atoms with E-state index < -0.39 is 0 Å². The highest BCUT2D eigenvalue weighted by atomic mass is 35.5. The first-order chi connectivity index (χ1) is 12.5. The van der Waals surface area contributed by atoms with E-state index in [-0.39, 0.29) is 5.91 Å². The van der Waals surface area contributed by atoms with Crippen LogP contribution < -0.4 is 10.2 Å². The fourth-order valence-electron chi connectivity index (χ4n) is 2.75. The lowest BCUT2D eigenvalue weighted by molar-refractivity contribution is -0.118. The highest BCUT2D eigenvalue weighted by Gasteiger charge is 2.20. The number of benzene rings is 1. The highest BCUT2D eigenvalue weighted by molar-refractivity contribution is 6.31. The Morgan fingerprint density at radius 3 is 2.58 bits per heavy atom. The molecule has 7 nitrogen and oxygen atoms in total. The van der Waals surface area contributed by atoms with Crippen LogP contribution >= 0.6 is 11.6 Å². The van der Waals surface area contributed by atoms with Crippen LogP contribution in [0, 0.1) is 13.8 Å². The lowest BCUT2D eigenvalue weighted by Crippen LogP contribution is -2.46. The Morgan fingerprint density at radius 1 is 1.15 bits per heavy atom. The summed E-state index contributed by atoms with van der Waals surface area (Å²) in [7, 11) is 0. The van der Waals surface area contributed by atoms with Gasteiger partial charge in [-0.05, 0) is 37.6 Å². The molecular formula is C18H20ClN5O2. The monoisotopic (exact) mass is 373 g/mol. The van der Waals surface area contributed by atoms with Crippen LogP contribution in [0.2, 0.25) is 5.02 Å². The molecule has 2 heterocycles. The Bertz CT molecular complexity index is 834. The predicted octanol–water partition coefficient (Wildman–Crippen LogP) is 2.28. The number of anilines is 2. The molecule has 1 fully saturated rings. The summed E-state index contributed by atoms with van der Waals surface area (Å²) >= 11 is 6.01. The maximum absolute atomic E-state index is 12.6. The number of nitrogens with zero attached hydrogens (tertiary/aromatic N) is 4. The molecule has 1 saturated heterocycles. The summed E-state index contributed by atoms with van der Waals surface area (Å²) in [6.07, 6.45) is 0.848. The second kappa shape index (κ2) is 7.70. The third-order valence-corrected chi connectivity index (χ3v) is 4.50. The minimum Gasteiger partial charge on any atom is -0.342 e. The number of hydrogen-bond acceptors (Lipinski definition) is 5. The van der Waals surface area contributed by atoms with E-state index in [1.807, 2.05) is 24.8 Å². The van der Waals surface area contributed by atoms with Gasteiger partial charge in [-0.3, -0.25) is 9.59 Å². The largest absolute Gasteiger partial charge is 0.342 e. The smallest absolute Gasteiger partial charge is 0.274 e. The quantitative estimate of drug-likeness (QED) is 0.832. The van der Waals surface area contributed by atoms with Crippen molar-refractivity contribution >= 4 is 35.6 Å². The Kier molecular flexibility index (Phi) is 5.37. The Hall–Kier alpha value is -2.67. The Labute approximate surface area is 157 Å². The molecule has 2 aromatic rings. The topological polar surface area (TPSA) is 78.4 Å². The number of piperazine rings is 1. The lowest BCUT2D eigenvalue weighted by atomic mass is 10.2. The maximum Gasteiger partial charge on any atom is 0.274 e. The summed E-state index contributed by atoms with van der Waals surface area (Å²) < 4.78 is 0. The third-order valence-electron chi connectivity index (χ3n) is 4.27.